The molecule has 0 aliphatic heterocycles. The molecule has 0 unspecified atom stereocenters. The van der Waals surface area contributed by atoms with Gasteiger partial charge in [0.1, 0.15) is 5.75 Å². The lowest BCUT2D eigenvalue weighted by Gasteiger charge is -2.04. The quantitative estimate of drug-likeness (QED) is 0.737. The third kappa shape index (κ3) is 2.20. The van der Waals surface area contributed by atoms with Gasteiger partial charge in [0, 0.05) is 0 Å². The molecule has 1 aromatic heterocycles. The highest BCUT2D eigenvalue weighted by Gasteiger charge is 2.17. The van der Waals surface area contributed by atoms with Crippen molar-refractivity contribution in [3.63, 3.8) is 0 Å². The molecule has 0 radical (unpaired) electrons. The second kappa shape index (κ2) is 4.17. The van der Waals surface area contributed by atoms with Crippen LogP contribution in [-0.2, 0) is 6.54 Å². The number of benzene rings is 1. The average Bonchev–Trinajstić information content (AvgIpc) is 2.63. The Morgan fingerprint density at radius 3 is 2.47 bits per heavy atom. The molecule has 0 amide bonds. The summed E-state index contributed by atoms with van der Waals surface area (Å²) >= 11 is 0. The largest absolute Gasteiger partial charge is 0.508 e. The zero-order chi connectivity index (χ0) is 12.4. The molecule has 0 saturated heterocycles. The summed E-state index contributed by atoms with van der Waals surface area (Å²) in [6.45, 7) is 0.211. The average molecular weight is 234 g/mol. The van der Waals surface area contributed by atoms with E-state index in [0.717, 1.165) is 11.8 Å². The molecule has 2 rings (SSSR count). The zero-order valence-electron chi connectivity index (χ0n) is 8.74. The number of nitrogens with zero attached hydrogens (tertiary/aromatic N) is 2. The lowest BCUT2D eigenvalue weighted by atomic mass is 10.2. The Bertz CT molecular complexity index is 545. The van der Waals surface area contributed by atoms with Crippen molar-refractivity contribution >= 4 is 5.97 Å². The minimum atomic E-state index is -1.24. The molecule has 1 heterocycles. The van der Waals surface area contributed by atoms with Crippen molar-refractivity contribution < 1.29 is 20.1 Å². The van der Waals surface area contributed by atoms with E-state index >= 15 is 0 Å². The van der Waals surface area contributed by atoms with Crippen LogP contribution in [0.25, 0.3) is 0 Å². The van der Waals surface area contributed by atoms with Gasteiger partial charge >= 0.3 is 5.97 Å². The summed E-state index contributed by atoms with van der Waals surface area (Å²) in [5.74, 6) is -1.47. The van der Waals surface area contributed by atoms with Crippen LogP contribution in [0.15, 0.2) is 30.5 Å². The second-order valence-electron chi connectivity index (χ2n) is 3.51. The second-order valence-corrected chi connectivity index (χ2v) is 3.51. The van der Waals surface area contributed by atoms with Crippen LogP contribution >= 0.6 is 0 Å². The molecule has 0 fully saturated rings. The molecule has 6 nitrogen and oxygen atoms in total. The van der Waals surface area contributed by atoms with E-state index < -0.39 is 5.97 Å². The summed E-state index contributed by atoms with van der Waals surface area (Å²) < 4.78 is 1.18. The summed E-state index contributed by atoms with van der Waals surface area (Å²) in [7, 11) is 0. The van der Waals surface area contributed by atoms with Gasteiger partial charge in [0.05, 0.1) is 12.7 Å². The highest BCUT2D eigenvalue weighted by Crippen LogP contribution is 2.18. The summed E-state index contributed by atoms with van der Waals surface area (Å²) in [6.07, 6.45) is 1.09. The molecule has 0 saturated carbocycles. The van der Waals surface area contributed by atoms with Gasteiger partial charge in [-0.1, -0.05) is 12.1 Å². The first-order valence-corrected chi connectivity index (χ1v) is 4.84. The molecule has 6 heteroatoms. The molecular weight excluding hydrogens is 224 g/mol. The minimum absolute atomic E-state index is 0.135. The van der Waals surface area contributed by atoms with Crippen molar-refractivity contribution in [2.24, 2.45) is 0 Å². The van der Waals surface area contributed by atoms with Crippen molar-refractivity contribution in [3.8, 4) is 11.5 Å². The normalized spacial score (nSPS) is 10.4. The highest BCUT2D eigenvalue weighted by atomic mass is 16.4. The molecule has 0 aliphatic rings. The third-order valence-electron chi connectivity index (χ3n) is 2.29. The van der Waals surface area contributed by atoms with E-state index in [1.807, 2.05) is 0 Å². The van der Waals surface area contributed by atoms with Crippen molar-refractivity contribution in [2.75, 3.05) is 0 Å². The van der Waals surface area contributed by atoms with Crippen molar-refractivity contribution in [2.45, 2.75) is 6.54 Å². The van der Waals surface area contributed by atoms with Crippen LogP contribution in [0.5, 0.6) is 11.5 Å². The number of phenolic OH excluding ortho intramolecular Hbond substituents is 1. The van der Waals surface area contributed by atoms with Crippen LogP contribution < -0.4 is 0 Å². The minimum Gasteiger partial charge on any atom is -0.508 e. The topological polar surface area (TPSA) is 95.6 Å². The van der Waals surface area contributed by atoms with Crippen molar-refractivity contribution in [1.29, 1.82) is 0 Å². The molecule has 17 heavy (non-hydrogen) atoms. The number of aromatic carboxylic acids is 1. The highest BCUT2D eigenvalue weighted by molar-refractivity contribution is 5.88. The molecule has 0 bridgehead atoms. The number of phenols is 1. The Hall–Kier alpha value is -2.50. The third-order valence-corrected chi connectivity index (χ3v) is 2.29. The number of aromatic hydroxyl groups is 2. The van der Waals surface area contributed by atoms with Crippen molar-refractivity contribution in [1.82, 2.24) is 9.78 Å². The van der Waals surface area contributed by atoms with E-state index in [9.17, 15) is 9.90 Å². The fraction of sp³-hybridized carbons (Fsp3) is 0.0909. The first kappa shape index (κ1) is 11.0. The SMILES string of the molecule is O=C(O)c1c(O)cnn1Cc1ccc(O)cc1. The van der Waals surface area contributed by atoms with Crippen LogP contribution in [0.1, 0.15) is 16.1 Å². The van der Waals surface area contributed by atoms with Gasteiger partial charge in [-0.15, -0.1) is 0 Å². The van der Waals surface area contributed by atoms with Gasteiger partial charge in [-0.3, -0.25) is 4.68 Å². The molecular formula is C11H10N2O4. The van der Waals surface area contributed by atoms with Crippen LogP contribution in [0, 0.1) is 0 Å². The molecule has 88 valence electrons. The van der Waals surface area contributed by atoms with Gasteiger partial charge in [-0.2, -0.15) is 5.10 Å². The zero-order valence-corrected chi connectivity index (χ0v) is 8.74. The summed E-state index contributed by atoms with van der Waals surface area (Å²) in [6, 6.07) is 6.30. The van der Waals surface area contributed by atoms with Crippen LogP contribution in [0.3, 0.4) is 0 Å². The molecule has 0 aliphatic carbocycles. The van der Waals surface area contributed by atoms with Crippen LogP contribution in [-0.4, -0.2) is 31.1 Å². The first-order chi connectivity index (χ1) is 8.08. The summed E-state index contributed by atoms with van der Waals surface area (Å²) in [4.78, 5) is 10.9. The van der Waals surface area contributed by atoms with Gasteiger partial charge in [0.2, 0.25) is 0 Å². The Morgan fingerprint density at radius 1 is 1.24 bits per heavy atom. The van der Waals surface area contributed by atoms with Gasteiger partial charge < -0.3 is 15.3 Å². The number of carboxylic acid groups (broad SMARTS) is 1. The number of carboxylic acids is 1. The van der Waals surface area contributed by atoms with E-state index in [1.165, 1.54) is 16.8 Å². The number of hydrogen-bond acceptors (Lipinski definition) is 4. The van der Waals surface area contributed by atoms with E-state index in [0.29, 0.717) is 0 Å². The van der Waals surface area contributed by atoms with Gasteiger partial charge in [-0.25, -0.2) is 4.79 Å². The maximum Gasteiger partial charge on any atom is 0.358 e. The number of hydrogen-bond donors (Lipinski definition) is 3. The number of aromatic nitrogens is 2. The van der Waals surface area contributed by atoms with E-state index in [2.05, 4.69) is 5.10 Å². The predicted octanol–water partition coefficient (Wildman–Crippen LogP) is 1.04. The smallest absolute Gasteiger partial charge is 0.358 e. The van der Waals surface area contributed by atoms with Crippen molar-refractivity contribution in [3.05, 3.63) is 41.7 Å². The standard InChI is InChI=1S/C11H10N2O4/c14-8-3-1-7(2-4-8)6-13-10(11(16)17)9(15)5-12-13/h1-5,14-15H,6H2,(H,16,17). The Morgan fingerprint density at radius 2 is 1.88 bits per heavy atom. The number of rotatable bonds is 3. The van der Waals surface area contributed by atoms with Gasteiger partial charge in [0.25, 0.3) is 0 Å². The molecule has 3 N–H and O–H groups in total. The summed E-state index contributed by atoms with van der Waals surface area (Å²) in [5.41, 5.74) is 0.520. The fourth-order valence-electron chi connectivity index (χ4n) is 1.49. The van der Waals surface area contributed by atoms with E-state index in [4.69, 9.17) is 10.2 Å². The molecule has 0 atom stereocenters. The lowest BCUT2D eigenvalue weighted by molar-refractivity contribution is 0.0680. The lowest BCUT2D eigenvalue weighted by Crippen LogP contribution is -2.10. The molecule has 2 aromatic rings. The maximum absolute atomic E-state index is 10.9. The van der Waals surface area contributed by atoms with E-state index in [-0.39, 0.29) is 23.7 Å². The maximum atomic E-state index is 10.9. The Labute approximate surface area is 96.4 Å². The molecule has 1 aromatic carbocycles. The Kier molecular flexibility index (Phi) is 2.70. The fourth-order valence-corrected chi connectivity index (χ4v) is 1.49. The van der Waals surface area contributed by atoms with Crippen LogP contribution in [0.4, 0.5) is 0 Å². The first-order valence-electron chi connectivity index (χ1n) is 4.84. The molecule has 0 spiro atoms. The summed E-state index contributed by atoms with van der Waals surface area (Å²) in [5, 5.41) is 31.1. The predicted molar refractivity (Wildman–Crippen MR) is 58.1 cm³/mol. The Balaban J connectivity index is 2.30. The van der Waals surface area contributed by atoms with Gasteiger partial charge in [-0.05, 0) is 17.7 Å². The number of carbonyl (C=O) groups is 1. The van der Waals surface area contributed by atoms with Gasteiger partial charge in [0.15, 0.2) is 11.4 Å². The van der Waals surface area contributed by atoms with E-state index in [1.54, 1.807) is 12.1 Å². The van der Waals surface area contributed by atoms with Crippen LogP contribution in [0.2, 0.25) is 0 Å². The monoisotopic (exact) mass is 234 g/mol.